The summed E-state index contributed by atoms with van der Waals surface area (Å²) in [7, 11) is 0. The first kappa shape index (κ1) is 22.4. The van der Waals surface area contributed by atoms with E-state index in [2.05, 4.69) is 22.1 Å². The lowest BCUT2D eigenvalue weighted by molar-refractivity contribution is 0.0723. The van der Waals surface area contributed by atoms with Crippen molar-refractivity contribution in [2.75, 3.05) is 6.61 Å². The van der Waals surface area contributed by atoms with E-state index in [0.717, 1.165) is 16.5 Å². The molecule has 0 aliphatic rings. The highest BCUT2D eigenvalue weighted by Crippen LogP contribution is 2.28. The average molecular weight is 421 g/mol. The van der Waals surface area contributed by atoms with E-state index in [1.165, 1.54) is 0 Å². The van der Waals surface area contributed by atoms with Crippen molar-refractivity contribution in [1.82, 2.24) is 10.3 Å². The third-order valence-electron chi connectivity index (χ3n) is 4.92. The lowest BCUT2D eigenvalue weighted by Gasteiger charge is -2.21. The minimum Gasteiger partial charge on any atom is -0.490 e. The van der Waals surface area contributed by atoms with Crippen molar-refractivity contribution in [2.24, 2.45) is 0 Å². The van der Waals surface area contributed by atoms with Crippen LogP contribution >= 0.6 is 0 Å². The molecule has 4 N–H and O–H groups in total. The van der Waals surface area contributed by atoms with Gasteiger partial charge in [-0.1, -0.05) is 37.0 Å². The Bertz CT molecular complexity index is 1110. The number of fused-ring (bicyclic) bond motifs is 1. The van der Waals surface area contributed by atoms with Gasteiger partial charge < -0.3 is 25.3 Å². The van der Waals surface area contributed by atoms with E-state index in [-0.39, 0.29) is 18.6 Å². The van der Waals surface area contributed by atoms with Gasteiger partial charge in [0.2, 0.25) is 0 Å². The number of hydrogen-bond acceptors (Lipinski definition) is 4. The van der Waals surface area contributed by atoms with Crippen LogP contribution in [0.1, 0.15) is 54.6 Å². The number of amides is 1. The smallest absolute Gasteiger partial charge is 0.257 e. The van der Waals surface area contributed by atoms with Crippen LogP contribution in [0.2, 0.25) is 0 Å². The van der Waals surface area contributed by atoms with E-state index in [1.807, 2.05) is 51.2 Å². The zero-order valence-electron chi connectivity index (χ0n) is 18.0. The number of carbonyl (C=O) groups is 1. The maximum atomic E-state index is 13.0. The Balaban J connectivity index is 1.83. The number of H-pyrrole nitrogens is 1. The van der Waals surface area contributed by atoms with Crippen LogP contribution < -0.4 is 10.1 Å². The van der Waals surface area contributed by atoms with Crippen molar-refractivity contribution in [3.63, 3.8) is 0 Å². The van der Waals surface area contributed by atoms with Crippen LogP contribution in [0, 0.1) is 11.8 Å². The first-order valence-corrected chi connectivity index (χ1v) is 10.4. The number of aliphatic hydroxyl groups excluding tert-OH is 2. The van der Waals surface area contributed by atoms with Crippen LogP contribution in [0.3, 0.4) is 0 Å². The number of nitrogens with one attached hydrogen (secondary N) is 2. The van der Waals surface area contributed by atoms with Gasteiger partial charge in [-0.05, 0) is 43.7 Å². The van der Waals surface area contributed by atoms with Crippen molar-refractivity contribution in [1.29, 1.82) is 0 Å². The summed E-state index contributed by atoms with van der Waals surface area (Å²) >= 11 is 0. The first-order chi connectivity index (χ1) is 14.9. The summed E-state index contributed by atoms with van der Waals surface area (Å²) in [4.78, 5) is 16.2. The third-order valence-corrected chi connectivity index (χ3v) is 4.92. The summed E-state index contributed by atoms with van der Waals surface area (Å²) in [6.07, 6.45) is 0.998. The molecule has 2 aromatic carbocycles. The van der Waals surface area contributed by atoms with Crippen LogP contribution in [-0.4, -0.2) is 40.0 Å². The monoisotopic (exact) mass is 420 g/mol. The Labute approximate surface area is 182 Å². The predicted molar refractivity (Wildman–Crippen MR) is 121 cm³/mol. The molecule has 6 nitrogen and oxygen atoms in total. The molecule has 1 heterocycles. The molecule has 1 aromatic heterocycles. The molecular weight excluding hydrogens is 392 g/mol. The van der Waals surface area contributed by atoms with Crippen LogP contribution in [-0.2, 0) is 0 Å². The van der Waals surface area contributed by atoms with Crippen LogP contribution in [0.25, 0.3) is 10.9 Å². The summed E-state index contributed by atoms with van der Waals surface area (Å²) in [5, 5.41) is 23.4. The summed E-state index contributed by atoms with van der Waals surface area (Å²) in [5.74, 6) is 5.42. The fraction of sp³-hybridized carbons (Fsp3) is 0.320. The molecule has 0 saturated heterocycles. The molecule has 1 amide bonds. The lowest BCUT2D eigenvalue weighted by Crippen LogP contribution is -2.38. The lowest BCUT2D eigenvalue weighted by atomic mass is 9.98. The Morgan fingerprint density at radius 3 is 2.71 bits per heavy atom. The fourth-order valence-corrected chi connectivity index (χ4v) is 3.34. The van der Waals surface area contributed by atoms with Crippen LogP contribution in [0.15, 0.2) is 48.7 Å². The summed E-state index contributed by atoms with van der Waals surface area (Å²) in [6.45, 7) is 5.60. The molecule has 0 spiro atoms. The zero-order chi connectivity index (χ0) is 22.4. The molecule has 0 fully saturated rings. The average Bonchev–Trinajstić information content (AvgIpc) is 3.18. The van der Waals surface area contributed by atoms with Gasteiger partial charge in [0.1, 0.15) is 12.0 Å². The van der Waals surface area contributed by atoms with Crippen molar-refractivity contribution in [3.05, 3.63) is 65.4 Å². The van der Waals surface area contributed by atoms with E-state index >= 15 is 0 Å². The van der Waals surface area contributed by atoms with Crippen molar-refractivity contribution < 1.29 is 19.7 Å². The number of ether oxygens (including phenoxy) is 1. The van der Waals surface area contributed by atoms with E-state index in [4.69, 9.17) is 9.84 Å². The number of benzene rings is 2. The number of aromatic nitrogens is 1. The highest BCUT2D eigenvalue weighted by Gasteiger charge is 2.23. The van der Waals surface area contributed by atoms with Gasteiger partial charge in [0.25, 0.3) is 5.91 Å². The molecule has 0 bridgehead atoms. The quantitative estimate of drug-likeness (QED) is 0.347. The number of hydrogen-bond donors (Lipinski definition) is 4. The SMILES string of the molecule is CC(C)Oc1ccc(C#CCCO)cc1C(=O)NC(O)C(C)c1c[nH]c2ccccc12. The summed E-state index contributed by atoms with van der Waals surface area (Å²) in [5.41, 5.74) is 2.83. The molecular formula is C25H28N2O4. The molecule has 0 aliphatic carbocycles. The summed E-state index contributed by atoms with van der Waals surface area (Å²) < 4.78 is 5.78. The van der Waals surface area contributed by atoms with Gasteiger partial charge in [-0.3, -0.25) is 4.79 Å². The van der Waals surface area contributed by atoms with Gasteiger partial charge in [0, 0.05) is 35.0 Å². The number of aromatic amines is 1. The third kappa shape index (κ3) is 5.46. The maximum Gasteiger partial charge on any atom is 0.257 e. The summed E-state index contributed by atoms with van der Waals surface area (Å²) in [6, 6.07) is 12.9. The van der Waals surface area contributed by atoms with Crippen molar-refractivity contribution >= 4 is 16.8 Å². The van der Waals surface area contributed by atoms with Crippen molar-refractivity contribution in [3.8, 4) is 17.6 Å². The molecule has 0 saturated carbocycles. The predicted octanol–water partition coefficient (Wildman–Crippen LogP) is 3.54. The van der Waals surface area contributed by atoms with Gasteiger partial charge in [-0.25, -0.2) is 0 Å². The van der Waals surface area contributed by atoms with E-state index in [9.17, 15) is 9.90 Å². The van der Waals surface area contributed by atoms with Gasteiger partial charge in [0.15, 0.2) is 0 Å². The Morgan fingerprint density at radius 1 is 1.19 bits per heavy atom. The van der Waals surface area contributed by atoms with Gasteiger partial charge in [-0.2, -0.15) is 0 Å². The molecule has 3 aromatic rings. The first-order valence-electron chi connectivity index (χ1n) is 10.4. The number of carbonyl (C=O) groups excluding carboxylic acids is 1. The zero-order valence-corrected chi connectivity index (χ0v) is 18.0. The molecule has 162 valence electrons. The van der Waals surface area contributed by atoms with Crippen molar-refractivity contribution in [2.45, 2.75) is 45.4 Å². The molecule has 6 heteroatoms. The normalized spacial score (nSPS) is 12.8. The molecule has 2 unspecified atom stereocenters. The van der Waals surface area contributed by atoms with E-state index in [1.54, 1.807) is 18.2 Å². The van der Waals surface area contributed by atoms with Crippen LogP contribution in [0.5, 0.6) is 5.75 Å². The fourth-order valence-electron chi connectivity index (χ4n) is 3.34. The van der Waals surface area contributed by atoms with Gasteiger partial charge in [0.05, 0.1) is 18.3 Å². The second kappa shape index (κ2) is 10.2. The number of para-hydroxylation sites is 1. The Kier molecular flexibility index (Phi) is 7.35. The molecule has 0 aliphatic heterocycles. The van der Waals surface area contributed by atoms with Gasteiger partial charge in [-0.15, -0.1) is 0 Å². The maximum absolute atomic E-state index is 13.0. The molecule has 3 rings (SSSR count). The molecule has 2 atom stereocenters. The standard InChI is InChI=1S/C25H28N2O4/c1-16(2)31-23-12-11-18(8-6-7-13-28)14-20(23)25(30)27-24(29)17(3)21-15-26-22-10-5-4-9-19(21)22/h4-5,9-12,14-17,24,26,28-29H,7,13H2,1-3H3,(H,27,30). The second-order valence-electron chi connectivity index (χ2n) is 7.65. The number of rotatable bonds is 7. The number of aliphatic hydroxyl groups is 2. The molecule has 0 radical (unpaired) electrons. The topological polar surface area (TPSA) is 94.6 Å². The molecule has 31 heavy (non-hydrogen) atoms. The minimum absolute atomic E-state index is 0.0210. The van der Waals surface area contributed by atoms with Crippen LogP contribution in [0.4, 0.5) is 0 Å². The second-order valence-corrected chi connectivity index (χ2v) is 7.65. The Morgan fingerprint density at radius 2 is 1.97 bits per heavy atom. The van der Waals surface area contributed by atoms with Gasteiger partial charge >= 0.3 is 0 Å². The Hall–Kier alpha value is -3.27. The van der Waals surface area contributed by atoms with E-state index in [0.29, 0.717) is 23.3 Å². The highest BCUT2D eigenvalue weighted by molar-refractivity contribution is 5.97. The highest BCUT2D eigenvalue weighted by atomic mass is 16.5. The van der Waals surface area contributed by atoms with E-state index < -0.39 is 12.1 Å². The largest absolute Gasteiger partial charge is 0.490 e. The minimum atomic E-state index is -1.09.